The van der Waals surface area contributed by atoms with Gasteiger partial charge in [0.05, 0.1) is 12.3 Å². The summed E-state index contributed by atoms with van der Waals surface area (Å²) in [6, 6.07) is 0. The van der Waals surface area contributed by atoms with Gasteiger partial charge in [-0.2, -0.15) is 0 Å². The molecule has 0 radical (unpaired) electrons. The van der Waals surface area contributed by atoms with E-state index < -0.39 is 17.9 Å². The van der Waals surface area contributed by atoms with E-state index in [0.29, 0.717) is 6.42 Å². The van der Waals surface area contributed by atoms with E-state index in [0.717, 1.165) is 19.3 Å². The van der Waals surface area contributed by atoms with Crippen molar-refractivity contribution in [3.05, 3.63) is 24.8 Å². The molecule has 1 atom stereocenters. The van der Waals surface area contributed by atoms with Crippen LogP contribution in [0.5, 0.6) is 0 Å². The van der Waals surface area contributed by atoms with Crippen molar-refractivity contribution in [3.63, 3.8) is 0 Å². The van der Waals surface area contributed by atoms with E-state index in [9.17, 15) is 14.7 Å². The van der Waals surface area contributed by atoms with Gasteiger partial charge in [-0.3, -0.25) is 9.59 Å². The molecule has 0 aliphatic carbocycles. The Morgan fingerprint density at radius 2 is 0.976 bits per heavy atom. The number of carbonyl (C=O) groups excluding carboxylic acids is 1. The van der Waals surface area contributed by atoms with E-state index in [2.05, 4.69) is 25.7 Å². The zero-order valence-electron chi connectivity index (χ0n) is 27.2. The average Bonchev–Trinajstić information content (AvgIpc) is 2.96. The molecule has 0 fully saturated rings. The third-order valence-electron chi connectivity index (χ3n) is 8.19. The van der Waals surface area contributed by atoms with Gasteiger partial charge in [-0.25, -0.2) is 0 Å². The highest BCUT2D eigenvalue weighted by atomic mass is 16.5. The Kier molecular flexibility index (Phi) is 31.7. The van der Waals surface area contributed by atoms with Gasteiger partial charge in [-0.15, -0.1) is 0 Å². The number of rotatable bonds is 33. The molecule has 1 N–H and O–H groups in total. The van der Waals surface area contributed by atoms with Crippen LogP contribution < -0.4 is 0 Å². The van der Waals surface area contributed by atoms with Crippen LogP contribution in [0.4, 0.5) is 0 Å². The summed E-state index contributed by atoms with van der Waals surface area (Å²) in [5.41, 5.74) is 0. The number of ether oxygens (including phenoxy) is 1. The molecule has 0 rings (SSSR count). The van der Waals surface area contributed by atoms with Gasteiger partial charge in [-0.05, 0) is 32.1 Å². The van der Waals surface area contributed by atoms with Crippen molar-refractivity contribution in [2.24, 2.45) is 5.92 Å². The summed E-state index contributed by atoms with van der Waals surface area (Å²) < 4.78 is 4.91. The van der Waals surface area contributed by atoms with Crippen molar-refractivity contribution < 1.29 is 19.4 Å². The lowest BCUT2D eigenvalue weighted by Crippen LogP contribution is -2.19. The molecule has 41 heavy (non-hydrogen) atoms. The molecule has 0 bridgehead atoms. The van der Waals surface area contributed by atoms with Crippen LogP contribution in [0.2, 0.25) is 0 Å². The molecule has 0 spiro atoms. The Labute approximate surface area is 255 Å². The number of aliphatic carboxylic acids is 1. The van der Waals surface area contributed by atoms with Crippen LogP contribution in [-0.4, -0.2) is 23.7 Å². The topological polar surface area (TPSA) is 63.6 Å². The summed E-state index contributed by atoms with van der Waals surface area (Å²) in [6.07, 6.45) is 41.5. The van der Waals surface area contributed by atoms with Crippen LogP contribution in [0.15, 0.2) is 24.8 Å². The molecule has 240 valence electrons. The fourth-order valence-electron chi connectivity index (χ4n) is 5.48. The molecule has 0 amide bonds. The van der Waals surface area contributed by atoms with Crippen LogP contribution in [0.3, 0.4) is 0 Å². The first-order valence-corrected chi connectivity index (χ1v) is 17.8. The first kappa shape index (κ1) is 39.4. The second kappa shape index (κ2) is 32.9. The lowest BCUT2D eigenvalue weighted by atomic mass is 9.97. The summed E-state index contributed by atoms with van der Waals surface area (Å²) in [4.78, 5) is 23.0. The largest absolute Gasteiger partial charge is 0.481 e. The highest BCUT2D eigenvalue weighted by molar-refractivity contribution is 5.78. The Bertz CT molecular complexity index is 612. The number of hydrogen-bond acceptors (Lipinski definition) is 3. The fourth-order valence-corrected chi connectivity index (χ4v) is 5.48. The monoisotopic (exact) mass is 577 g/mol. The van der Waals surface area contributed by atoms with Crippen molar-refractivity contribution in [3.8, 4) is 0 Å². The highest BCUT2D eigenvalue weighted by Crippen LogP contribution is 2.18. The summed E-state index contributed by atoms with van der Waals surface area (Å²) in [7, 11) is 0. The van der Waals surface area contributed by atoms with E-state index in [1.807, 2.05) is 0 Å². The normalized spacial score (nSPS) is 12.1. The summed E-state index contributed by atoms with van der Waals surface area (Å²) >= 11 is 0. The minimum absolute atomic E-state index is 0.0405. The number of carboxylic acid groups (broad SMARTS) is 1. The van der Waals surface area contributed by atoms with E-state index in [4.69, 9.17) is 4.74 Å². The molecule has 0 heterocycles. The molecular weight excluding hydrogens is 508 g/mol. The predicted molar refractivity (Wildman–Crippen MR) is 176 cm³/mol. The van der Waals surface area contributed by atoms with E-state index in [-0.39, 0.29) is 13.0 Å². The summed E-state index contributed by atoms with van der Waals surface area (Å²) in [6.45, 7) is 5.91. The fraction of sp³-hybridized carbons (Fsp3) is 0.838. The molecule has 1 unspecified atom stereocenters. The van der Waals surface area contributed by atoms with Crippen molar-refractivity contribution in [1.29, 1.82) is 0 Å². The van der Waals surface area contributed by atoms with Crippen LogP contribution in [0, 0.1) is 5.92 Å². The molecule has 0 aliphatic heterocycles. The molecule has 4 nitrogen and oxygen atoms in total. The molecule has 0 saturated carbocycles. The van der Waals surface area contributed by atoms with Gasteiger partial charge < -0.3 is 9.84 Å². The number of carboxylic acids is 1. The zero-order valence-corrected chi connectivity index (χ0v) is 27.2. The summed E-state index contributed by atoms with van der Waals surface area (Å²) in [5, 5.41) is 9.32. The van der Waals surface area contributed by atoms with Crippen LogP contribution >= 0.6 is 0 Å². The Morgan fingerprint density at radius 3 is 1.34 bits per heavy atom. The summed E-state index contributed by atoms with van der Waals surface area (Å²) in [5.74, 6) is -1.98. The Balaban J connectivity index is 3.28. The molecule has 0 aliphatic rings. The third kappa shape index (κ3) is 31.2. The molecule has 0 aromatic rings. The quantitative estimate of drug-likeness (QED) is 0.0479. The van der Waals surface area contributed by atoms with Gasteiger partial charge >= 0.3 is 11.9 Å². The van der Waals surface area contributed by atoms with Crippen molar-refractivity contribution >= 4 is 11.9 Å². The van der Waals surface area contributed by atoms with Gasteiger partial charge in [0, 0.05) is 0 Å². The van der Waals surface area contributed by atoms with Gasteiger partial charge in [0.15, 0.2) is 0 Å². The maximum Gasteiger partial charge on any atom is 0.307 e. The highest BCUT2D eigenvalue weighted by Gasteiger charge is 2.21. The molecule has 4 heteroatoms. The second-order valence-corrected chi connectivity index (χ2v) is 12.2. The van der Waals surface area contributed by atoms with Crippen LogP contribution in [0.25, 0.3) is 0 Å². The number of unbranched alkanes of at least 4 members (excludes halogenated alkanes) is 24. The maximum atomic E-state index is 11.6. The predicted octanol–water partition coefficient (Wildman–Crippen LogP) is 11.9. The molecule has 0 aromatic carbocycles. The number of carbonyl (C=O) groups is 2. The number of esters is 1. The van der Waals surface area contributed by atoms with Gasteiger partial charge in [0.2, 0.25) is 0 Å². The van der Waals surface area contributed by atoms with Gasteiger partial charge in [-0.1, -0.05) is 173 Å². The SMILES string of the molecule is C=CCOC(=O)CC(CCCCCCCCCCCCCCCCCCCCCC/C=C/CCCCCC)C(=O)O. The smallest absolute Gasteiger partial charge is 0.307 e. The minimum Gasteiger partial charge on any atom is -0.481 e. The first-order chi connectivity index (χ1) is 20.1. The lowest BCUT2D eigenvalue weighted by molar-refractivity contribution is -0.151. The molecule has 0 aromatic heterocycles. The van der Waals surface area contributed by atoms with Crippen molar-refractivity contribution in [2.45, 2.75) is 187 Å². The van der Waals surface area contributed by atoms with Crippen molar-refractivity contribution in [1.82, 2.24) is 0 Å². The van der Waals surface area contributed by atoms with E-state index >= 15 is 0 Å². The number of hydrogen-bond donors (Lipinski definition) is 1. The average molecular weight is 577 g/mol. The standard InChI is InChI=1S/C37H68O4/c1-3-5-6-7-8-9-10-11-12-13-14-15-16-17-18-19-20-21-22-23-24-25-26-27-28-29-30-31-32-35(37(39)40)34-36(38)41-33-4-2/h4,9-10,35H,2-3,5-8,11-34H2,1H3,(H,39,40)/b10-9+. The Morgan fingerprint density at radius 1 is 0.610 bits per heavy atom. The van der Waals surface area contributed by atoms with Crippen LogP contribution in [-0.2, 0) is 14.3 Å². The first-order valence-electron chi connectivity index (χ1n) is 17.8. The Hall–Kier alpha value is -1.58. The second-order valence-electron chi connectivity index (χ2n) is 12.2. The third-order valence-corrected chi connectivity index (χ3v) is 8.19. The minimum atomic E-state index is -0.899. The molecule has 0 saturated heterocycles. The lowest BCUT2D eigenvalue weighted by Gasteiger charge is -2.11. The van der Waals surface area contributed by atoms with E-state index in [1.165, 1.54) is 154 Å². The maximum absolute atomic E-state index is 11.6. The van der Waals surface area contributed by atoms with Gasteiger partial charge in [0.1, 0.15) is 6.61 Å². The van der Waals surface area contributed by atoms with Crippen molar-refractivity contribution in [2.75, 3.05) is 6.61 Å². The van der Waals surface area contributed by atoms with Crippen LogP contribution in [0.1, 0.15) is 187 Å². The molecular formula is C37H68O4. The van der Waals surface area contributed by atoms with Gasteiger partial charge in [0.25, 0.3) is 0 Å². The van der Waals surface area contributed by atoms with E-state index in [1.54, 1.807) is 0 Å². The zero-order chi connectivity index (χ0) is 30.1. The number of allylic oxidation sites excluding steroid dienone is 2.